The van der Waals surface area contributed by atoms with Crippen molar-refractivity contribution in [3.63, 3.8) is 0 Å². The summed E-state index contributed by atoms with van der Waals surface area (Å²) < 4.78 is 0. The Bertz CT molecular complexity index is 1200. The minimum absolute atomic E-state index is 0.0515. The van der Waals surface area contributed by atoms with Gasteiger partial charge in [-0.15, -0.1) is 0 Å². The van der Waals surface area contributed by atoms with Crippen LogP contribution in [-0.4, -0.2) is 37.3 Å². The summed E-state index contributed by atoms with van der Waals surface area (Å²) in [6.45, 7) is 0.777. The summed E-state index contributed by atoms with van der Waals surface area (Å²) in [6, 6.07) is 12.2. The van der Waals surface area contributed by atoms with Gasteiger partial charge in [0.1, 0.15) is 0 Å². The first-order valence-corrected chi connectivity index (χ1v) is 10.6. The molecule has 1 aliphatic rings. The van der Waals surface area contributed by atoms with Crippen LogP contribution in [0.5, 0.6) is 0 Å². The number of nitrogen functional groups attached to an aromatic ring is 1. The third-order valence-corrected chi connectivity index (χ3v) is 5.98. The Morgan fingerprint density at radius 2 is 1.90 bits per heavy atom. The van der Waals surface area contributed by atoms with Crippen LogP contribution < -0.4 is 5.73 Å². The number of carbonyl (C=O) groups is 1. The number of hydrogen-bond donors (Lipinski definition) is 2. The number of amides is 1. The molecule has 31 heavy (non-hydrogen) atoms. The van der Waals surface area contributed by atoms with Crippen molar-refractivity contribution in [2.24, 2.45) is 0 Å². The summed E-state index contributed by atoms with van der Waals surface area (Å²) in [4.78, 5) is 31.2. The summed E-state index contributed by atoms with van der Waals surface area (Å²) in [5, 5.41) is 1.11. The monoisotopic (exact) mass is 412 g/mol. The molecule has 1 amide bonds. The second kappa shape index (κ2) is 8.18. The Morgan fingerprint density at radius 3 is 2.71 bits per heavy atom. The topological polar surface area (TPSA) is 101 Å². The van der Waals surface area contributed by atoms with Crippen LogP contribution in [0.2, 0.25) is 0 Å². The third-order valence-electron chi connectivity index (χ3n) is 5.98. The first-order chi connectivity index (χ1) is 15.2. The maximum absolute atomic E-state index is 13.3. The van der Waals surface area contributed by atoms with Gasteiger partial charge in [0, 0.05) is 47.8 Å². The fraction of sp³-hybridized carbons (Fsp3) is 0.250. The molecule has 0 bridgehead atoms. The number of nitrogens with two attached hydrogens (primary N) is 1. The van der Waals surface area contributed by atoms with E-state index in [4.69, 9.17) is 5.73 Å². The minimum atomic E-state index is 0.0515. The molecule has 3 aromatic heterocycles. The summed E-state index contributed by atoms with van der Waals surface area (Å²) in [7, 11) is 0. The maximum Gasteiger partial charge on any atom is 0.227 e. The van der Waals surface area contributed by atoms with Gasteiger partial charge >= 0.3 is 0 Å². The predicted octanol–water partition coefficient (Wildman–Crippen LogP) is 3.90. The number of fused-ring (bicyclic) bond motifs is 1. The van der Waals surface area contributed by atoms with Crippen molar-refractivity contribution in [3.8, 4) is 11.3 Å². The molecule has 1 saturated heterocycles. The van der Waals surface area contributed by atoms with Gasteiger partial charge in [-0.05, 0) is 42.5 Å². The van der Waals surface area contributed by atoms with Crippen LogP contribution >= 0.6 is 0 Å². The zero-order chi connectivity index (χ0) is 21.2. The Kier molecular flexibility index (Phi) is 5.08. The lowest BCUT2D eigenvalue weighted by molar-refractivity contribution is -0.134. The number of pyridine rings is 1. The van der Waals surface area contributed by atoms with Crippen LogP contribution in [0.3, 0.4) is 0 Å². The number of rotatable bonds is 4. The molecule has 1 atom stereocenters. The van der Waals surface area contributed by atoms with E-state index >= 15 is 0 Å². The van der Waals surface area contributed by atoms with E-state index in [0.717, 1.165) is 59.1 Å². The van der Waals surface area contributed by atoms with Gasteiger partial charge in [-0.3, -0.25) is 9.78 Å². The number of likely N-dealkylation sites (tertiary alicyclic amines) is 1. The van der Waals surface area contributed by atoms with Gasteiger partial charge in [-0.25, -0.2) is 9.97 Å². The van der Waals surface area contributed by atoms with Crippen LogP contribution in [0.15, 0.2) is 61.2 Å². The SMILES string of the molecule is Nc1ncc(-c2ccc([C@@H]3CCCCN3C(=O)Cc3c[nH]c4ccccc34)cn2)cn1. The summed E-state index contributed by atoms with van der Waals surface area (Å²) in [6.07, 6.45) is 10.6. The molecular formula is C24H24N6O. The molecule has 7 nitrogen and oxygen atoms in total. The number of H-pyrrole nitrogens is 1. The summed E-state index contributed by atoms with van der Waals surface area (Å²) in [5.74, 6) is 0.400. The highest BCUT2D eigenvalue weighted by Crippen LogP contribution is 2.32. The third kappa shape index (κ3) is 3.86. The number of para-hydroxylation sites is 1. The van der Waals surface area contributed by atoms with Crippen LogP contribution in [0.4, 0.5) is 5.95 Å². The van der Waals surface area contributed by atoms with Gasteiger partial charge < -0.3 is 15.6 Å². The molecule has 4 heterocycles. The van der Waals surface area contributed by atoms with Gasteiger partial charge in [0.25, 0.3) is 0 Å². The summed E-state index contributed by atoms with van der Waals surface area (Å²) in [5.41, 5.74) is 10.3. The fourth-order valence-electron chi connectivity index (χ4n) is 4.36. The number of nitrogens with zero attached hydrogens (tertiary/aromatic N) is 4. The van der Waals surface area contributed by atoms with Gasteiger partial charge in [-0.1, -0.05) is 24.3 Å². The smallest absolute Gasteiger partial charge is 0.227 e. The lowest BCUT2D eigenvalue weighted by Crippen LogP contribution is -2.39. The normalized spacial score (nSPS) is 16.5. The largest absolute Gasteiger partial charge is 0.368 e. The van der Waals surface area contributed by atoms with Gasteiger partial charge in [0.2, 0.25) is 11.9 Å². The van der Waals surface area contributed by atoms with Crippen molar-refractivity contribution in [2.75, 3.05) is 12.3 Å². The quantitative estimate of drug-likeness (QED) is 0.529. The highest BCUT2D eigenvalue weighted by Gasteiger charge is 2.28. The molecular weight excluding hydrogens is 388 g/mol. The van der Waals surface area contributed by atoms with Crippen molar-refractivity contribution in [1.29, 1.82) is 0 Å². The van der Waals surface area contributed by atoms with Crippen LogP contribution in [0.25, 0.3) is 22.2 Å². The first kappa shape index (κ1) is 19.2. The maximum atomic E-state index is 13.3. The molecule has 1 fully saturated rings. The number of carbonyl (C=O) groups excluding carboxylic acids is 1. The van der Waals surface area contributed by atoms with E-state index < -0.39 is 0 Å². The number of hydrogen-bond acceptors (Lipinski definition) is 5. The summed E-state index contributed by atoms with van der Waals surface area (Å²) >= 11 is 0. The van der Waals surface area contributed by atoms with Crippen LogP contribution in [0.1, 0.15) is 36.4 Å². The van der Waals surface area contributed by atoms with Crippen molar-refractivity contribution in [1.82, 2.24) is 24.8 Å². The van der Waals surface area contributed by atoms with Crippen molar-refractivity contribution in [3.05, 3.63) is 72.3 Å². The zero-order valence-electron chi connectivity index (χ0n) is 17.2. The lowest BCUT2D eigenvalue weighted by Gasteiger charge is -2.36. The van der Waals surface area contributed by atoms with E-state index in [0.29, 0.717) is 6.42 Å². The number of piperidine rings is 1. The molecule has 1 aliphatic heterocycles. The van der Waals surface area contributed by atoms with E-state index in [1.807, 2.05) is 41.6 Å². The van der Waals surface area contributed by atoms with Gasteiger partial charge in [0.15, 0.2) is 0 Å². The number of nitrogens with one attached hydrogen (secondary N) is 1. The molecule has 0 radical (unpaired) electrons. The number of benzene rings is 1. The van der Waals surface area contributed by atoms with Crippen LogP contribution in [0, 0.1) is 0 Å². The number of aromatic amines is 1. The molecule has 3 N–H and O–H groups in total. The first-order valence-electron chi connectivity index (χ1n) is 10.6. The number of aromatic nitrogens is 4. The average molecular weight is 412 g/mol. The van der Waals surface area contributed by atoms with E-state index in [-0.39, 0.29) is 17.9 Å². The highest BCUT2D eigenvalue weighted by molar-refractivity contribution is 5.89. The van der Waals surface area contributed by atoms with Crippen molar-refractivity contribution < 1.29 is 4.79 Å². The Balaban J connectivity index is 1.36. The zero-order valence-corrected chi connectivity index (χ0v) is 17.2. The van der Waals surface area contributed by atoms with E-state index in [9.17, 15) is 4.79 Å². The molecule has 0 unspecified atom stereocenters. The molecule has 156 valence electrons. The molecule has 0 aliphatic carbocycles. The molecule has 0 spiro atoms. The van der Waals surface area contributed by atoms with Gasteiger partial charge in [-0.2, -0.15) is 0 Å². The van der Waals surface area contributed by atoms with Gasteiger partial charge in [0.05, 0.1) is 18.2 Å². The fourth-order valence-corrected chi connectivity index (χ4v) is 4.36. The van der Waals surface area contributed by atoms with Crippen LogP contribution in [-0.2, 0) is 11.2 Å². The lowest BCUT2D eigenvalue weighted by atomic mass is 9.95. The Hall–Kier alpha value is -3.74. The molecule has 5 rings (SSSR count). The van der Waals surface area contributed by atoms with Crippen molar-refractivity contribution in [2.45, 2.75) is 31.7 Å². The Labute approximate surface area is 180 Å². The minimum Gasteiger partial charge on any atom is -0.368 e. The predicted molar refractivity (Wildman–Crippen MR) is 120 cm³/mol. The van der Waals surface area contributed by atoms with Crippen molar-refractivity contribution >= 4 is 22.8 Å². The molecule has 0 saturated carbocycles. The second-order valence-electron chi connectivity index (χ2n) is 7.94. The van der Waals surface area contributed by atoms with E-state index in [1.165, 1.54) is 0 Å². The highest BCUT2D eigenvalue weighted by atomic mass is 16.2. The van der Waals surface area contributed by atoms with E-state index in [2.05, 4.69) is 32.1 Å². The molecule has 1 aromatic carbocycles. The Morgan fingerprint density at radius 1 is 1.06 bits per heavy atom. The second-order valence-corrected chi connectivity index (χ2v) is 7.94. The van der Waals surface area contributed by atoms with E-state index in [1.54, 1.807) is 12.4 Å². The standard InChI is InChI=1S/C24H24N6O/c25-24-28-14-18(15-29-24)20-9-8-16(12-26-20)22-7-3-4-10-30(22)23(31)11-17-13-27-21-6-2-1-5-19(17)21/h1-2,5-6,8-9,12-15,22,27H,3-4,7,10-11H2,(H2,25,28,29)/t22-/m0/s1. The molecule has 4 aromatic rings. The number of anilines is 1. The average Bonchev–Trinajstić information content (AvgIpc) is 3.22. The molecule has 7 heteroatoms.